The van der Waals surface area contributed by atoms with Gasteiger partial charge in [-0.05, 0) is 80.9 Å². The maximum atomic E-state index is 13.7. The van der Waals surface area contributed by atoms with Gasteiger partial charge in [0.25, 0.3) is 0 Å². The minimum atomic E-state index is -0.260. The molecule has 3 aromatic rings. The first-order chi connectivity index (χ1) is 27.6. The van der Waals surface area contributed by atoms with Crippen molar-refractivity contribution in [3.8, 4) is 0 Å². The van der Waals surface area contributed by atoms with Crippen LogP contribution in [0, 0.1) is 28.1 Å². The van der Waals surface area contributed by atoms with E-state index in [-0.39, 0.29) is 33.7 Å². The maximum absolute atomic E-state index is 13.7. The molecular formula is C47H74N8O3. The molecule has 2 aromatic heterocycles. The molecule has 4 heterocycles. The second kappa shape index (κ2) is 17.4. The number of rotatable bonds is 17. The summed E-state index contributed by atoms with van der Waals surface area (Å²) >= 11 is 0. The van der Waals surface area contributed by atoms with Gasteiger partial charge in [0.15, 0.2) is 5.78 Å². The number of carbonyl (C=O) groups is 2. The van der Waals surface area contributed by atoms with E-state index in [0.717, 1.165) is 99.0 Å². The molecule has 2 saturated heterocycles. The lowest BCUT2D eigenvalue weighted by Crippen LogP contribution is -2.71. The number of unbranched alkanes of at least 4 members (excludes halogenated alkanes) is 2. The van der Waals surface area contributed by atoms with E-state index in [2.05, 4.69) is 97.1 Å². The fraction of sp³-hybridized carbons (Fsp3) is 0.745. The molecule has 7 rings (SSSR count). The number of nitrogens with one attached hydrogen (secondary N) is 3. The molecule has 0 spiro atoms. The highest BCUT2D eigenvalue weighted by Crippen LogP contribution is 2.66. The van der Waals surface area contributed by atoms with Gasteiger partial charge in [-0.2, -0.15) is 0 Å². The number of nitrogens with zero attached hydrogens (tertiary/aromatic N) is 4. The van der Waals surface area contributed by atoms with Gasteiger partial charge in [-0.25, -0.2) is 9.97 Å². The van der Waals surface area contributed by atoms with Crippen LogP contribution in [0.25, 0.3) is 21.9 Å². The molecule has 2 aliphatic heterocycles. The summed E-state index contributed by atoms with van der Waals surface area (Å²) in [6, 6.07) is 6.42. The van der Waals surface area contributed by atoms with Crippen molar-refractivity contribution >= 4 is 45.1 Å². The first-order valence-corrected chi connectivity index (χ1v) is 22.9. The van der Waals surface area contributed by atoms with Crippen LogP contribution < -0.4 is 21.3 Å². The Hall–Kier alpha value is -3.28. The minimum absolute atomic E-state index is 0.0172. The Morgan fingerprint density at radius 2 is 1.69 bits per heavy atom. The van der Waals surface area contributed by atoms with Crippen molar-refractivity contribution in [3.05, 3.63) is 24.0 Å². The Kier molecular flexibility index (Phi) is 12.8. The quantitative estimate of drug-likeness (QED) is 0.101. The van der Waals surface area contributed by atoms with Crippen molar-refractivity contribution in [2.75, 3.05) is 63.1 Å². The lowest BCUT2D eigenvalue weighted by molar-refractivity contribution is -0.158. The molecule has 5 atom stereocenters. The van der Waals surface area contributed by atoms with E-state index >= 15 is 0 Å². The lowest BCUT2D eigenvalue weighted by Gasteiger charge is -2.63. The number of benzene rings is 1. The van der Waals surface area contributed by atoms with E-state index in [1.807, 2.05) is 0 Å². The Morgan fingerprint density at radius 1 is 0.966 bits per heavy atom. The number of ketones is 1. The molecule has 2 aliphatic carbocycles. The number of carbonyl (C=O) groups excluding carboxylic acids is 2. The van der Waals surface area contributed by atoms with Crippen LogP contribution in [0.1, 0.15) is 131 Å². The highest BCUT2D eigenvalue weighted by molar-refractivity contribution is 6.07. The van der Waals surface area contributed by atoms with Crippen LogP contribution in [-0.2, 0) is 20.7 Å². The van der Waals surface area contributed by atoms with Crippen LogP contribution >= 0.6 is 0 Å². The summed E-state index contributed by atoms with van der Waals surface area (Å²) < 4.78 is 6.32. The van der Waals surface area contributed by atoms with E-state index in [4.69, 9.17) is 15.5 Å². The van der Waals surface area contributed by atoms with Gasteiger partial charge in [-0.15, -0.1) is 0 Å². The number of nitrogen functional groups attached to an aromatic ring is 1. The third-order valence-corrected chi connectivity index (χ3v) is 14.6. The molecule has 0 bridgehead atoms. The average Bonchev–Trinajstić information content (AvgIpc) is 3.66. The monoisotopic (exact) mass is 799 g/mol. The van der Waals surface area contributed by atoms with Gasteiger partial charge in [-0.1, -0.05) is 73.6 Å². The Labute approximate surface area is 347 Å². The zero-order valence-electron chi connectivity index (χ0n) is 36.9. The molecule has 1 aromatic carbocycles. The number of amides is 1. The standard InChI is InChI=1S/C47H74N8O3/c1-8-9-19-38-51-40-33-27-32(20-21-36(33)50-43(48)41(40)52-38)55-25-23-54(24-26-55)29-45(4,5)31-58-30-44(2,3)28-39(56)49-22-15-14-18-37-42(57)46(6)34-16-12-10-11-13-17-35(34)47(46,7)53-37/h20-21,27,34-35,37,53H,8-19,22-26,28-31H2,1-7H3,(H2,48,50)(H,49,56)(H,51,52). The summed E-state index contributed by atoms with van der Waals surface area (Å²) in [5, 5.41) is 8.05. The number of nitrogens with two attached hydrogens (primary N) is 1. The van der Waals surface area contributed by atoms with Gasteiger partial charge in [-0.3, -0.25) is 14.5 Å². The van der Waals surface area contributed by atoms with Crippen LogP contribution in [0.2, 0.25) is 0 Å². The Bertz CT molecular complexity index is 1920. The first kappa shape index (κ1) is 42.8. The van der Waals surface area contributed by atoms with E-state index in [0.29, 0.717) is 49.6 Å². The predicted octanol–water partition coefficient (Wildman–Crippen LogP) is 7.81. The molecule has 58 heavy (non-hydrogen) atoms. The summed E-state index contributed by atoms with van der Waals surface area (Å²) in [4.78, 5) is 44.7. The zero-order chi connectivity index (χ0) is 41.3. The number of aryl methyl sites for hydroxylation is 1. The van der Waals surface area contributed by atoms with Crippen LogP contribution in [0.15, 0.2) is 18.2 Å². The van der Waals surface area contributed by atoms with Crippen LogP contribution in [0.3, 0.4) is 0 Å². The van der Waals surface area contributed by atoms with Crippen molar-refractivity contribution in [2.24, 2.45) is 28.1 Å². The predicted molar refractivity (Wildman–Crippen MR) is 236 cm³/mol. The van der Waals surface area contributed by atoms with Gasteiger partial charge in [0.05, 0.1) is 24.8 Å². The van der Waals surface area contributed by atoms with Crippen molar-refractivity contribution in [3.63, 3.8) is 0 Å². The summed E-state index contributed by atoms with van der Waals surface area (Å²) in [5.41, 5.74) is 9.61. The van der Waals surface area contributed by atoms with Gasteiger partial charge in [0.2, 0.25) is 5.91 Å². The number of imidazole rings is 1. The molecule has 0 radical (unpaired) electrons. The van der Waals surface area contributed by atoms with Crippen molar-refractivity contribution in [2.45, 2.75) is 144 Å². The number of aromatic nitrogens is 3. The molecule has 11 heteroatoms. The van der Waals surface area contributed by atoms with Crippen molar-refractivity contribution in [1.29, 1.82) is 0 Å². The molecular weight excluding hydrogens is 725 g/mol. The normalized spacial score (nSPS) is 27.0. The minimum Gasteiger partial charge on any atom is -0.382 e. The third-order valence-electron chi connectivity index (χ3n) is 14.6. The molecule has 2 saturated carbocycles. The molecule has 320 valence electrons. The highest BCUT2D eigenvalue weighted by atomic mass is 16.5. The molecule has 4 fully saturated rings. The summed E-state index contributed by atoms with van der Waals surface area (Å²) in [6.07, 6.45) is 13.9. The number of ether oxygens (including phenoxy) is 1. The Balaban J connectivity index is 0.797. The number of piperazine rings is 1. The highest BCUT2D eigenvalue weighted by Gasteiger charge is 2.73. The number of hydrogen-bond acceptors (Lipinski definition) is 9. The third kappa shape index (κ3) is 8.78. The molecule has 4 aliphatic rings. The number of anilines is 2. The lowest BCUT2D eigenvalue weighted by atomic mass is 9.41. The smallest absolute Gasteiger partial charge is 0.220 e. The molecule has 1 amide bonds. The topological polar surface area (TPSA) is 142 Å². The van der Waals surface area contributed by atoms with Crippen LogP contribution in [0.4, 0.5) is 11.5 Å². The van der Waals surface area contributed by atoms with E-state index in [1.165, 1.54) is 44.2 Å². The van der Waals surface area contributed by atoms with E-state index in [9.17, 15) is 9.59 Å². The largest absolute Gasteiger partial charge is 0.382 e. The number of H-pyrrole nitrogens is 1. The van der Waals surface area contributed by atoms with Gasteiger partial charge in [0, 0.05) is 79.6 Å². The second-order valence-electron chi connectivity index (χ2n) is 20.5. The van der Waals surface area contributed by atoms with Gasteiger partial charge >= 0.3 is 0 Å². The molecule has 5 unspecified atom stereocenters. The van der Waals surface area contributed by atoms with E-state index < -0.39 is 0 Å². The maximum Gasteiger partial charge on any atom is 0.220 e. The average molecular weight is 799 g/mol. The molecule has 11 nitrogen and oxygen atoms in total. The zero-order valence-corrected chi connectivity index (χ0v) is 36.9. The number of fused-ring (bicyclic) bond motifs is 7. The number of Topliss-reactive ketones (excluding diaryl/α,β-unsaturated/α-hetero) is 1. The summed E-state index contributed by atoms with van der Waals surface area (Å²) in [6.45, 7) is 22.2. The Morgan fingerprint density at radius 3 is 2.43 bits per heavy atom. The second-order valence-corrected chi connectivity index (χ2v) is 20.5. The van der Waals surface area contributed by atoms with Crippen LogP contribution in [-0.4, -0.2) is 95.6 Å². The fourth-order valence-corrected chi connectivity index (χ4v) is 11.4. The van der Waals surface area contributed by atoms with Gasteiger partial charge in [0.1, 0.15) is 22.7 Å². The number of aromatic amines is 1. The number of hydrogen-bond donors (Lipinski definition) is 4. The first-order valence-electron chi connectivity index (χ1n) is 22.9. The SMILES string of the molecule is CCCCc1nc2c([nH]1)c(N)nc1ccc(N3CCN(CC(C)(C)COCC(C)(C)CC(=O)NCCCCC4NC5(C)C6CCCCCCC6C5(C)C4=O)CC3)cc12. The van der Waals surface area contributed by atoms with Crippen molar-refractivity contribution in [1.82, 2.24) is 30.5 Å². The molecule has 5 N–H and O–H groups in total. The van der Waals surface area contributed by atoms with Crippen molar-refractivity contribution < 1.29 is 14.3 Å². The fourth-order valence-electron chi connectivity index (χ4n) is 11.4. The van der Waals surface area contributed by atoms with Crippen LogP contribution in [0.5, 0.6) is 0 Å². The van der Waals surface area contributed by atoms with E-state index in [1.54, 1.807) is 0 Å². The summed E-state index contributed by atoms with van der Waals surface area (Å²) in [7, 11) is 0. The number of pyridine rings is 1. The van der Waals surface area contributed by atoms with Gasteiger partial charge < -0.3 is 31.0 Å². The summed E-state index contributed by atoms with van der Waals surface area (Å²) in [5.74, 6) is 3.18.